The summed E-state index contributed by atoms with van der Waals surface area (Å²) in [7, 11) is 3.17. The summed E-state index contributed by atoms with van der Waals surface area (Å²) in [6.07, 6.45) is 20.1. The number of ketones is 3. The number of piperazine rings is 1. The van der Waals surface area contributed by atoms with Gasteiger partial charge in [0, 0.05) is 151 Å². The van der Waals surface area contributed by atoms with Crippen molar-refractivity contribution in [3.05, 3.63) is 115 Å². The first-order chi connectivity index (χ1) is 59.7. The molecule has 4 fully saturated rings. The van der Waals surface area contributed by atoms with Crippen molar-refractivity contribution in [3.8, 4) is 28.4 Å². The van der Waals surface area contributed by atoms with Gasteiger partial charge in [0.1, 0.15) is 59.4 Å². The summed E-state index contributed by atoms with van der Waals surface area (Å²) in [6, 6.07) is 4.52. The van der Waals surface area contributed by atoms with Crippen LogP contribution in [0, 0.1) is 29.6 Å². The monoisotopic (exact) mass is 1710 g/mol. The molecule has 6 aromatic heterocycles. The highest BCUT2D eigenvalue weighted by molar-refractivity contribution is 6.39. The van der Waals surface area contributed by atoms with Gasteiger partial charge in [-0.3, -0.25) is 28.8 Å². The zero-order valence-electron chi connectivity index (χ0n) is 71.9. The number of nitrogens with zero attached hydrogens (tertiary/aromatic N) is 14. The number of Topliss-reactive ketones (excluding diaryl/α,β-unsaturated/α-hetero) is 3. The quantitative estimate of drug-likeness (QED) is 0.0126. The number of benzene rings is 1. The van der Waals surface area contributed by atoms with Gasteiger partial charge in [-0.15, -0.1) is 5.10 Å². The molecule has 36 nitrogen and oxygen atoms in total. The second-order valence-corrected chi connectivity index (χ2v) is 33.4. The molecule has 15 atom stereocenters. The Labute approximate surface area is 720 Å². The van der Waals surface area contributed by atoms with Crippen LogP contribution >= 0.6 is 0 Å². The molecule has 36 heteroatoms. The number of phenolic OH excluding ortho intramolecular Hbond substituents is 1. The van der Waals surface area contributed by atoms with E-state index in [0.29, 0.717) is 155 Å². The molecule has 10 heterocycles. The van der Waals surface area contributed by atoms with Crippen LogP contribution in [0.1, 0.15) is 154 Å². The number of aryl methyl sites for hydroxylation is 1. The molecule has 0 spiro atoms. The van der Waals surface area contributed by atoms with Crippen molar-refractivity contribution in [3.63, 3.8) is 0 Å². The van der Waals surface area contributed by atoms with Crippen LogP contribution in [0.15, 0.2) is 109 Å². The molecule has 124 heavy (non-hydrogen) atoms. The van der Waals surface area contributed by atoms with Crippen LogP contribution in [0.3, 0.4) is 0 Å². The topological polar surface area (TPSA) is 483 Å². The van der Waals surface area contributed by atoms with E-state index in [0.717, 1.165) is 27.1 Å². The van der Waals surface area contributed by atoms with Crippen LogP contribution in [0.2, 0.25) is 0 Å². The number of nitrogen functional groups attached to an aromatic ring is 1. The number of nitrogens with one attached hydrogen (secondary N) is 3. The first-order valence-corrected chi connectivity index (χ1v) is 43.1. The fourth-order valence-electron chi connectivity index (χ4n) is 17.0. The molecule has 668 valence electrons. The number of methoxy groups -OCH3 is 2. The number of hydrogen-bond donors (Lipinski definition) is 9. The van der Waals surface area contributed by atoms with Crippen molar-refractivity contribution in [2.24, 2.45) is 35.3 Å². The highest BCUT2D eigenvalue weighted by Gasteiger charge is 2.53. The van der Waals surface area contributed by atoms with Crippen molar-refractivity contribution in [2.45, 2.75) is 205 Å². The van der Waals surface area contributed by atoms with E-state index in [1.807, 2.05) is 61.4 Å². The number of nitrogens with two attached hydrogens (primary N) is 2. The molecule has 2 bridgehead atoms. The third-order valence-corrected chi connectivity index (χ3v) is 24.4. The SMILES string of the molecule is CO[C@H]1C[C@@H]2CC[C@@H](C)[C@@](O)(O2)C(=O)C(=O)N2CCCC[C@H]2C(=O)O[C@H]([C@H](N)C[C@@H]2CC[C@H](n3cc(-c4cnc(N5CCN(c6ncc(C(=O)NCCOCCOCCC(=O)NCCCCn7nc(-c8cc9cc(O)ccc9[nH]8)c8c(N)ncnc87)cn6)CC5)nc4)nn3)[C@H](OC)C2)CC(=O)[C@H](C)/C=C(\C)[C@@H](O)[C@@H](O)C(=O)[C@H](C)C[C@H](C)/C=C/C=CC=C1C. The maximum atomic E-state index is 14.8. The van der Waals surface area contributed by atoms with Crippen LogP contribution in [0.25, 0.3) is 44.6 Å². The van der Waals surface area contributed by atoms with Crippen LogP contribution in [-0.2, 0) is 63.7 Å². The fourth-order valence-corrected chi connectivity index (χ4v) is 17.0. The third-order valence-electron chi connectivity index (χ3n) is 24.4. The van der Waals surface area contributed by atoms with Crippen LogP contribution in [0.4, 0.5) is 17.7 Å². The van der Waals surface area contributed by atoms with E-state index in [1.165, 1.54) is 31.7 Å². The molecular formula is C88H119N19O17. The van der Waals surface area contributed by atoms with Crippen molar-refractivity contribution in [1.29, 1.82) is 0 Å². The van der Waals surface area contributed by atoms with Gasteiger partial charge in [0.25, 0.3) is 17.6 Å². The number of aromatic nitrogens is 12. The van der Waals surface area contributed by atoms with Crippen molar-refractivity contribution >= 4 is 80.7 Å². The summed E-state index contributed by atoms with van der Waals surface area (Å²) in [5, 5.41) is 65.8. The Morgan fingerprint density at radius 1 is 0.774 bits per heavy atom. The number of ether oxygens (including phenoxy) is 6. The number of aromatic amines is 1. The number of phenols is 1. The van der Waals surface area contributed by atoms with Crippen LogP contribution in [-0.4, -0.2) is 267 Å². The third kappa shape index (κ3) is 23.3. The Hall–Kier alpha value is -10.7. The number of aromatic hydroxyl groups is 1. The second kappa shape index (κ2) is 43.3. The zero-order valence-corrected chi connectivity index (χ0v) is 71.9. The van der Waals surface area contributed by atoms with Crippen molar-refractivity contribution < 1.29 is 82.4 Å². The number of cyclic esters (lactones) is 1. The van der Waals surface area contributed by atoms with Gasteiger partial charge in [0.05, 0.1) is 73.6 Å². The first-order valence-electron chi connectivity index (χ1n) is 43.1. The van der Waals surface area contributed by atoms with E-state index < -0.39 is 95.4 Å². The number of anilines is 3. The lowest BCUT2D eigenvalue weighted by Gasteiger charge is -2.42. The lowest BCUT2D eigenvalue weighted by Crippen LogP contribution is -2.61. The lowest BCUT2D eigenvalue weighted by molar-refractivity contribution is -0.265. The van der Waals surface area contributed by atoms with Gasteiger partial charge in [0.15, 0.2) is 11.4 Å². The van der Waals surface area contributed by atoms with Gasteiger partial charge in [-0.05, 0) is 138 Å². The van der Waals surface area contributed by atoms with Gasteiger partial charge in [-0.1, -0.05) is 69.4 Å². The van der Waals surface area contributed by atoms with E-state index in [2.05, 4.69) is 50.8 Å². The van der Waals surface area contributed by atoms with E-state index in [-0.39, 0.29) is 119 Å². The number of hydrogen-bond acceptors (Lipinski definition) is 30. The fraction of sp³-hybridized carbons (Fsp3) is 0.568. The maximum Gasteiger partial charge on any atom is 0.329 e. The summed E-state index contributed by atoms with van der Waals surface area (Å²) < 4.78 is 39.4. The van der Waals surface area contributed by atoms with E-state index in [4.69, 9.17) is 55.0 Å². The number of carbonyl (C=O) groups excluding carboxylic acids is 7. The standard InChI is InChI=1S/C88H119N19O17/c1-52-16-10-9-11-17-53(2)71(119-7)44-63-22-19-57(6)88(118,124-63)80(114)84(116)105-28-14-12-18-69(105)85(117)123-72(45-70(109)54(3)39-56(5)78(112)79(113)77(111)55(4)38-52)64(89)40-58-20-24-68(73(41-58)120-8)107-50-67(100-102-107)60-46-93-86(94-47-60)103-30-32-104(33-31-103)87-95-48-61(49-96-87)83(115)92-27-35-122-37-36-121-34-25-74(110)91-26-13-15-29-106-82-75(81(90)97-51-98-82)76(101-106)66-43-59-42-62(108)21-23-65(59)99-66/h9-11,16-17,21,23,39,42-43,46-52,54-55,57-58,63-64,68-69,71-73,78-79,99,108,112-113,118H,12-15,18-20,22,24-38,40-41,44-45,89H2,1-8H3,(H,91,110)(H,92,115)(H2,90,97,98)/b11-9?,16-10+,53-17?,56-39+/t52-,54-,55-,57-,58+,63+,64-,68+,69+,71+,72+,73-,78-,79+,88-/m1/s1. The van der Waals surface area contributed by atoms with Gasteiger partial charge in [0.2, 0.25) is 23.6 Å². The Morgan fingerprint density at radius 3 is 2.24 bits per heavy atom. The number of unbranched alkanes of at least 4 members (excludes halogenated alkanes) is 1. The van der Waals surface area contributed by atoms with Gasteiger partial charge in [-0.2, -0.15) is 5.10 Å². The van der Waals surface area contributed by atoms with E-state index in [1.54, 1.807) is 74.9 Å². The summed E-state index contributed by atoms with van der Waals surface area (Å²) in [4.78, 5) is 133. The molecule has 1 aromatic carbocycles. The summed E-state index contributed by atoms with van der Waals surface area (Å²) >= 11 is 0. The Morgan fingerprint density at radius 2 is 1.51 bits per heavy atom. The molecule has 1 aliphatic carbocycles. The summed E-state index contributed by atoms with van der Waals surface area (Å²) in [5.41, 5.74) is 18.7. The minimum Gasteiger partial charge on any atom is -0.508 e. The number of fused-ring (bicyclic) bond motifs is 5. The molecule has 7 aromatic rings. The molecule has 3 amide bonds. The first kappa shape index (κ1) is 92.5. The van der Waals surface area contributed by atoms with Gasteiger partial charge >= 0.3 is 5.97 Å². The highest BCUT2D eigenvalue weighted by Crippen LogP contribution is 2.40. The molecular weight excluding hydrogens is 1600 g/mol. The highest BCUT2D eigenvalue weighted by atomic mass is 16.6. The Bertz CT molecular complexity index is 4950. The lowest BCUT2D eigenvalue weighted by atomic mass is 9.79. The minimum absolute atomic E-state index is 0.00638. The molecule has 12 rings (SSSR count). The number of carbonyl (C=O) groups is 7. The number of aliphatic hydroxyl groups excluding tert-OH is 2. The molecule has 3 saturated heterocycles. The minimum atomic E-state index is -2.51. The number of H-pyrrole nitrogens is 1. The molecule has 0 unspecified atom stereocenters. The molecule has 11 N–H and O–H groups in total. The summed E-state index contributed by atoms with van der Waals surface area (Å²) in [5.74, 6) is -8.14. The number of rotatable bonds is 25. The smallest absolute Gasteiger partial charge is 0.329 e. The average Bonchev–Trinajstić information content (AvgIpc) is 1.52. The molecule has 1 saturated carbocycles. The van der Waals surface area contributed by atoms with E-state index in [9.17, 15) is 54.0 Å². The van der Waals surface area contributed by atoms with Crippen LogP contribution < -0.4 is 31.9 Å². The van der Waals surface area contributed by atoms with Crippen molar-refractivity contribution in [1.82, 2.24) is 75.2 Å². The predicted octanol–water partition coefficient (Wildman–Crippen LogP) is 6.59. The van der Waals surface area contributed by atoms with Gasteiger partial charge < -0.3 is 90.6 Å². The molecule has 4 aliphatic heterocycles. The van der Waals surface area contributed by atoms with Crippen LogP contribution in [0.5, 0.6) is 5.75 Å². The maximum absolute atomic E-state index is 14.8. The Balaban J connectivity index is 0.578. The second-order valence-electron chi connectivity index (χ2n) is 33.4. The molecule has 5 aliphatic rings. The number of amides is 3. The Kier molecular flexibility index (Phi) is 32.3. The zero-order chi connectivity index (χ0) is 88.3. The average molecular weight is 1720 g/mol. The number of esters is 1. The van der Waals surface area contributed by atoms with Crippen molar-refractivity contribution in [2.75, 3.05) is 102 Å². The molecule has 0 radical (unpaired) electrons. The largest absolute Gasteiger partial charge is 0.508 e. The van der Waals surface area contributed by atoms with Gasteiger partial charge in [-0.25, -0.2) is 44.1 Å². The summed E-state index contributed by atoms with van der Waals surface area (Å²) in [6.45, 7) is 14.9. The number of aliphatic hydroxyl groups is 3. The number of allylic oxidation sites excluding steroid dienone is 6. The van der Waals surface area contributed by atoms with E-state index >= 15 is 0 Å². The normalized spacial score (nSPS) is 26.9. The predicted molar refractivity (Wildman–Crippen MR) is 459 cm³/mol. The number of piperidine rings is 1.